The summed E-state index contributed by atoms with van der Waals surface area (Å²) in [5.74, 6) is 2.79. The molecule has 2 fully saturated rings. The van der Waals surface area contributed by atoms with Gasteiger partial charge in [0.05, 0.1) is 22.1 Å². The number of rotatable bonds is 10. The van der Waals surface area contributed by atoms with Crippen LogP contribution < -0.4 is 14.8 Å². The van der Waals surface area contributed by atoms with Crippen LogP contribution in [0.25, 0.3) is 22.1 Å². The normalized spacial score (nSPS) is 15.4. The lowest BCUT2D eigenvalue weighted by atomic mass is 9.94. The third kappa shape index (κ3) is 11.6. The van der Waals surface area contributed by atoms with Crippen LogP contribution in [0.15, 0.2) is 141 Å². The van der Waals surface area contributed by atoms with Crippen molar-refractivity contribution in [3.05, 3.63) is 175 Å². The van der Waals surface area contributed by atoms with Crippen molar-refractivity contribution in [1.82, 2.24) is 59.6 Å². The Kier molecular flexibility index (Phi) is 14.7. The molecule has 18 nitrogen and oxygen atoms in total. The van der Waals surface area contributed by atoms with Gasteiger partial charge in [0, 0.05) is 93.6 Å². The van der Waals surface area contributed by atoms with E-state index >= 15 is 0 Å². The predicted molar refractivity (Wildman–Crippen MR) is 264 cm³/mol. The zero-order valence-electron chi connectivity index (χ0n) is 39.1. The Hall–Kier alpha value is -8.77. The molecule has 5 aromatic heterocycles. The number of hydrogen-bond donors (Lipinski definition) is 3. The van der Waals surface area contributed by atoms with E-state index in [2.05, 4.69) is 50.2 Å². The highest BCUT2D eigenvalue weighted by Gasteiger charge is 2.28. The number of aromatic nitrogens is 10. The number of hydrogen-bond acceptors (Lipinski definition) is 14. The molecule has 2 atom stereocenters. The molecule has 7 heterocycles. The van der Waals surface area contributed by atoms with Gasteiger partial charge in [0.15, 0.2) is 11.6 Å². The van der Waals surface area contributed by atoms with Gasteiger partial charge in [0.1, 0.15) is 29.2 Å². The van der Waals surface area contributed by atoms with Crippen molar-refractivity contribution < 1.29 is 28.7 Å². The van der Waals surface area contributed by atoms with E-state index in [9.17, 15) is 19.2 Å². The van der Waals surface area contributed by atoms with Crippen LogP contribution in [0.2, 0.25) is 0 Å². The predicted octanol–water partition coefficient (Wildman–Crippen LogP) is 8.49. The van der Waals surface area contributed by atoms with Gasteiger partial charge >= 0.3 is 0 Å². The molecular weight excluding hydrogens is 901 g/mol. The number of fused-ring (bicyclic) bond motifs is 2. The van der Waals surface area contributed by atoms with Crippen molar-refractivity contribution in [1.29, 1.82) is 0 Å². The quantitative estimate of drug-likeness (QED) is 0.109. The summed E-state index contributed by atoms with van der Waals surface area (Å²) in [7, 11) is 0. The van der Waals surface area contributed by atoms with Gasteiger partial charge in [-0.15, -0.1) is 0 Å². The molecule has 2 aliphatic rings. The third-order valence-corrected chi connectivity index (χ3v) is 12.1. The number of carbonyl (C=O) groups excluding carboxylic acids is 4. The Bertz CT molecular complexity index is 3210. The number of likely N-dealkylation sites (tertiary alicyclic amines) is 1. The Morgan fingerprint density at radius 3 is 1.58 bits per heavy atom. The van der Waals surface area contributed by atoms with Crippen molar-refractivity contribution in [2.45, 2.75) is 51.4 Å². The van der Waals surface area contributed by atoms with Gasteiger partial charge in [-0.25, -0.2) is 24.9 Å². The number of ketones is 2. The van der Waals surface area contributed by atoms with Crippen LogP contribution in [-0.2, 0) is 4.79 Å². The lowest BCUT2D eigenvalue weighted by Crippen LogP contribution is -2.38. The smallest absolute Gasteiger partial charge is 0.241 e. The summed E-state index contributed by atoms with van der Waals surface area (Å²) in [6, 6.07) is 29.0. The average molecular weight is 951 g/mol. The summed E-state index contributed by atoms with van der Waals surface area (Å²) >= 11 is 0. The van der Waals surface area contributed by atoms with E-state index in [0.29, 0.717) is 52.6 Å². The first kappa shape index (κ1) is 47.3. The minimum absolute atomic E-state index is 0.0116. The van der Waals surface area contributed by atoms with Crippen LogP contribution in [0, 0.1) is 0 Å². The molecule has 2 saturated heterocycles. The number of carbonyl (C=O) groups is 4. The van der Waals surface area contributed by atoms with Crippen LogP contribution in [0.1, 0.15) is 99.9 Å². The Balaban J connectivity index is 0.000000152. The van der Waals surface area contributed by atoms with Crippen LogP contribution in [0.3, 0.4) is 0 Å². The number of nitrogens with zero attached hydrogens (tertiary/aromatic N) is 9. The molecule has 0 bridgehead atoms. The maximum absolute atomic E-state index is 12.8. The monoisotopic (exact) mass is 950 g/mol. The number of piperidine rings is 2. The fraction of sp³-hybridized carbons (Fsp3) is 0.226. The SMILES string of the molecule is CC(=O)N1CCCC(c2nccnc2Oc2ccc(C(=O)c3nc4ccccc4[nH]3)cc2)C1.CC(=O)n1ccnc1.O=C(c1ccc(Oc2nccnc2C2CCCNC2)cc1)c1nc2ccccc2[nH]1. The fourth-order valence-electron chi connectivity index (χ4n) is 8.37. The maximum atomic E-state index is 12.8. The van der Waals surface area contributed by atoms with E-state index < -0.39 is 0 Å². The van der Waals surface area contributed by atoms with Crippen LogP contribution in [0.4, 0.5) is 0 Å². The van der Waals surface area contributed by atoms with E-state index in [4.69, 9.17) is 9.47 Å². The van der Waals surface area contributed by atoms with Crippen molar-refractivity contribution >= 4 is 45.4 Å². The van der Waals surface area contributed by atoms with E-state index in [1.165, 1.54) is 17.8 Å². The molecule has 358 valence electrons. The number of amides is 1. The van der Waals surface area contributed by atoms with Crippen molar-refractivity contribution in [3.8, 4) is 23.3 Å². The highest BCUT2D eigenvalue weighted by Crippen LogP contribution is 2.34. The molecule has 1 amide bonds. The molecule has 2 aliphatic heterocycles. The number of ether oxygens (including phenoxy) is 2. The second-order valence-electron chi connectivity index (χ2n) is 16.9. The maximum Gasteiger partial charge on any atom is 0.241 e. The minimum Gasteiger partial charge on any atom is -0.437 e. The van der Waals surface area contributed by atoms with Crippen molar-refractivity contribution in [2.75, 3.05) is 26.2 Å². The number of para-hydroxylation sites is 4. The summed E-state index contributed by atoms with van der Waals surface area (Å²) in [5, 5.41) is 3.40. The summed E-state index contributed by atoms with van der Waals surface area (Å²) in [4.78, 5) is 86.1. The molecule has 4 aromatic carbocycles. The standard InChI is InChI=1S/C25H23N5O3.C23H21N5O2.C5H6N2O/c1-16(31)30-14-4-5-18(15-30)22-25(27-13-12-26-22)33-19-10-8-17(9-11-19)23(32)24-28-20-6-2-3-7-21(20)29-24;29-21(22-27-18-5-1-2-6-19(18)28-22)15-7-9-17(10-8-15)30-23-20(25-12-13-26-23)16-4-3-11-24-14-16;1-5(8)7-3-2-6-4-7/h2-3,6-13,18H,4-5,14-15H2,1H3,(H,28,29);1-2,5-10,12-13,16,24H,3-4,11,14H2,(H,27,28);2-4H,1H3. The Morgan fingerprint density at radius 2 is 1.11 bits per heavy atom. The summed E-state index contributed by atoms with van der Waals surface area (Å²) in [6.07, 6.45) is 15.2. The minimum atomic E-state index is -0.190. The zero-order chi connectivity index (χ0) is 49.1. The molecule has 3 N–H and O–H groups in total. The van der Waals surface area contributed by atoms with E-state index in [-0.39, 0.29) is 35.2 Å². The first-order valence-electron chi connectivity index (χ1n) is 23.3. The molecule has 9 aromatic rings. The highest BCUT2D eigenvalue weighted by atomic mass is 16.5. The molecule has 11 rings (SSSR count). The fourth-order valence-corrected chi connectivity index (χ4v) is 8.37. The summed E-state index contributed by atoms with van der Waals surface area (Å²) in [6.45, 7) is 6.36. The number of aromatic amines is 2. The molecule has 18 heteroatoms. The van der Waals surface area contributed by atoms with Gasteiger partial charge in [-0.1, -0.05) is 24.3 Å². The van der Waals surface area contributed by atoms with Gasteiger partial charge in [-0.2, -0.15) is 0 Å². The molecule has 0 aliphatic carbocycles. The summed E-state index contributed by atoms with van der Waals surface area (Å²) in [5.41, 5.74) is 5.84. The molecular formula is C53H50N12O6. The van der Waals surface area contributed by atoms with Gasteiger partial charge in [-0.05, 0) is 105 Å². The number of H-pyrrole nitrogens is 2. The molecule has 2 unspecified atom stereocenters. The second-order valence-corrected chi connectivity index (χ2v) is 16.9. The van der Waals surface area contributed by atoms with E-state index in [1.807, 2.05) is 53.4 Å². The number of benzene rings is 4. The lowest BCUT2D eigenvalue weighted by Gasteiger charge is -2.32. The van der Waals surface area contributed by atoms with Crippen LogP contribution >= 0.6 is 0 Å². The average Bonchev–Trinajstić information content (AvgIpc) is 4.22. The van der Waals surface area contributed by atoms with Crippen LogP contribution in [0.5, 0.6) is 23.3 Å². The van der Waals surface area contributed by atoms with Gasteiger partial charge in [0.25, 0.3) is 0 Å². The van der Waals surface area contributed by atoms with Crippen LogP contribution in [-0.4, -0.2) is 104 Å². The van der Waals surface area contributed by atoms with Gasteiger partial charge < -0.3 is 29.7 Å². The van der Waals surface area contributed by atoms with Crippen molar-refractivity contribution in [3.63, 3.8) is 0 Å². The highest BCUT2D eigenvalue weighted by molar-refractivity contribution is 6.08. The first-order chi connectivity index (χ1) is 34.7. The molecule has 0 radical (unpaired) electrons. The number of imidazole rings is 3. The lowest BCUT2D eigenvalue weighted by molar-refractivity contribution is -0.130. The Morgan fingerprint density at radius 1 is 0.592 bits per heavy atom. The molecule has 71 heavy (non-hydrogen) atoms. The van der Waals surface area contributed by atoms with E-state index in [0.717, 1.165) is 78.8 Å². The number of nitrogens with one attached hydrogen (secondary N) is 3. The van der Waals surface area contributed by atoms with Crippen molar-refractivity contribution in [2.24, 2.45) is 0 Å². The third-order valence-electron chi connectivity index (χ3n) is 12.1. The van der Waals surface area contributed by atoms with Gasteiger partial charge in [0.2, 0.25) is 35.1 Å². The summed E-state index contributed by atoms with van der Waals surface area (Å²) < 4.78 is 13.5. The van der Waals surface area contributed by atoms with E-state index in [1.54, 1.807) is 92.6 Å². The molecule has 0 spiro atoms. The Labute approximate surface area is 408 Å². The second kappa shape index (κ2) is 22.1. The first-order valence-corrected chi connectivity index (χ1v) is 23.3. The molecule has 0 saturated carbocycles. The zero-order valence-corrected chi connectivity index (χ0v) is 39.1. The van der Waals surface area contributed by atoms with Gasteiger partial charge in [-0.3, -0.25) is 33.7 Å². The largest absolute Gasteiger partial charge is 0.437 e. The topological polar surface area (TPSA) is 229 Å².